The topological polar surface area (TPSA) is 87.0 Å². The van der Waals surface area contributed by atoms with Gasteiger partial charge in [-0.2, -0.15) is 0 Å². The number of benzene rings is 1. The van der Waals surface area contributed by atoms with Gasteiger partial charge in [0.05, 0.1) is 6.61 Å². The smallest absolute Gasteiger partial charge is 0.158 e. The molecule has 94 valence electrons. The second kappa shape index (κ2) is 5.48. The van der Waals surface area contributed by atoms with Gasteiger partial charge in [-0.05, 0) is 12.1 Å². The Labute approximate surface area is 104 Å². The predicted octanol–water partition coefficient (Wildman–Crippen LogP) is 0.924. The number of rotatable bonds is 4. The fourth-order valence-corrected chi connectivity index (χ4v) is 2.34. The molecule has 0 radical (unpaired) electrons. The highest BCUT2D eigenvalue weighted by Gasteiger charge is 2.27. The summed E-state index contributed by atoms with van der Waals surface area (Å²) in [6, 6.07) is 6.12. The van der Waals surface area contributed by atoms with E-state index in [9.17, 15) is 8.42 Å². The molecule has 1 rings (SSSR count). The van der Waals surface area contributed by atoms with Gasteiger partial charge in [-0.25, -0.2) is 8.42 Å². The molecule has 0 heterocycles. The summed E-state index contributed by atoms with van der Waals surface area (Å²) in [6.45, 7) is -0.652. The van der Waals surface area contributed by atoms with Gasteiger partial charge in [0, 0.05) is 16.8 Å². The lowest BCUT2D eigenvalue weighted by Gasteiger charge is -2.13. The molecule has 7 heteroatoms. The first-order valence-corrected chi connectivity index (χ1v) is 7.01. The largest absolute Gasteiger partial charge is 0.411 e. The molecule has 2 N–H and O–H groups in total. The van der Waals surface area contributed by atoms with Gasteiger partial charge in [0.1, 0.15) is 11.0 Å². The van der Waals surface area contributed by atoms with Crippen molar-refractivity contribution in [2.24, 2.45) is 5.16 Å². The second-order valence-corrected chi connectivity index (χ2v) is 6.16. The third-order valence-electron chi connectivity index (χ3n) is 2.24. The van der Waals surface area contributed by atoms with Crippen molar-refractivity contribution in [3.63, 3.8) is 0 Å². The molecule has 0 aliphatic heterocycles. The van der Waals surface area contributed by atoms with Crippen LogP contribution in [0.5, 0.6) is 0 Å². The highest BCUT2D eigenvalue weighted by molar-refractivity contribution is 7.92. The Kier molecular flexibility index (Phi) is 4.50. The van der Waals surface area contributed by atoms with Crippen LogP contribution in [0.4, 0.5) is 0 Å². The van der Waals surface area contributed by atoms with Gasteiger partial charge in [-0.1, -0.05) is 28.9 Å². The highest BCUT2D eigenvalue weighted by atomic mass is 35.5. The van der Waals surface area contributed by atoms with E-state index in [2.05, 4.69) is 5.16 Å². The SMILES string of the molecule is CS(=O)(=O)[C@H](CO)/C(=N\O)c1ccc(Cl)cc1. The van der Waals surface area contributed by atoms with Crippen molar-refractivity contribution in [2.45, 2.75) is 5.25 Å². The van der Waals surface area contributed by atoms with Crippen molar-refractivity contribution in [1.29, 1.82) is 0 Å². The van der Waals surface area contributed by atoms with Crippen LogP contribution in [0.25, 0.3) is 0 Å². The number of oxime groups is 1. The van der Waals surface area contributed by atoms with Crippen LogP contribution in [0, 0.1) is 0 Å². The van der Waals surface area contributed by atoms with Gasteiger partial charge >= 0.3 is 0 Å². The number of sulfone groups is 1. The fourth-order valence-electron chi connectivity index (χ4n) is 1.35. The summed E-state index contributed by atoms with van der Waals surface area (Å²) in [5, 5.41) is 20.2. The van der Waals surface area contributed by atoms with E-state index in [4.69, 9.17) is 21.9 Å². The molecule has 1 aromatic carbocycles. The number of hydrogen-bond donors (Lipinski definition) is 2. The van der Waals surface area contributed by atoms with Gasteiger partial charge in [0.2, 0.25) is 0 Å². The van der Waals surface area contributed by atoms with Crippen molar-refractivity contribution >= 4 is 27.1 Å². The molecule has 0 aliphatic carbocycles. The van der Waals surface area contributed by atoms with E-state index in [1.807, 2.05) is 0 Å². The number of aliphatic hydroxyl groups is 1. The number of hydrogen-bond acceptors (Lipinski definition) is 5. The summed E-state index contributed by atoms with van der Waals surface area (Å²) < 4.78 is 22.9. The lowest BCUT2D eigenvalue weighted by atomic mass is 10.1. The van der Waals surface area contributed by atoms with Gasteiger partial charge in [0.15, 0.2) is 9.84 Å². The Morgan fingerprint density at radius 2 is 1.94 bits per heavy atom. The predicted molar refractivity (Wildman–Crippen MR) is 65.5 cm³/mol. The third-order valence-corrected chi connectivity index (χ3v) is 3.89. The summed E-state index contributed by atoms with van der Waals surface area (Å²) in [7, 11) is -3.56. The van der Waals surface area contributed by atoms with Crippen molar-refractivity contribution in [1.82, 2.24) is 0 Å². The maximum Gasteiger partial charge on any atom is 0.158 e. The van der Waals surface area contributed by atoms with Crippen LogP contribution in [0.15, 0.2) is 29.4 Å². The van der Waals surface area contributed by atoms with Crippen LogP contribution in [-0.2, 0) is 9.84 Å². The van der Waals surface area contributed by atoms with Crippen LogP contribution in [-0.4, -0.2) is 42.6 Å². The lowest BCUT2D eigenvalue weighted by Crippen LogP contribution is -2.33. The molecular weight excluding hydrogens is 266 g/mol. The maximum atomic E-state index is 11.4. The Morgan fingerprint density at radius 1 is 1.41 bits per heavy atom. The van der Waals surface area contributed by atoms with Crippen LogP contribution in [0.3, 0.4) is 0 Å². The highest BCUT2D eigenvalue weighted by Crippen LogP contribution is 2.14. The molecule has 0 unspecified atom stereocenters. The minimum atomic E-state index is -3.56. The van der Waals surface area contributed by atoms with Gasteiger partial charge in [-0.15, -0.1) is 0 Å². The van der Waals surface area contributed by atoms with E-state index < -0.39 is 21.7 Å². The monoisotopic (exact) mass is 277 g/mol. The molecule has 17 heavy (non-hydrogen) atoms. The normalized spacial score (nSPS) is 14.6. The van der Waals surface area contributed by atoms with Crippen LogP contribution < -0.4 is 0 Å². The minimum Gasteiger partial charge on any atom is -0.411 e. The Bertz CT molecular complexity index is 510. The first kappa shape index (κ1) is 14.0. The summed E-state index contributed by atoms with van der Waals surface area (Å²) >= 11 is 5.69. The fraction of sp³-hybridized carbons (Fsp3) is 0.300. The molecule has 0 saturated heterocycles. The molecule has 1 aromatic rings. The van der Waals surface area contributed by atoms with Crippen molar-refractivity contribution < 1.29 is 18.7 Å². The Morgan fingerprint density at radius 3 is 2.29 bits per heavy atom. The third kappa shape index (κ3) is 3.42. The average Bonchev–Trinajstić information content (AvgIpc) is 2.25. The molecule has 1 atom stereocenters. The van der Waals surface area contributed by atoms with Gasteiger partial charge < -0.3 is 10.3 Å². The van der Waals surface area contributed by atoms with Crippen LogP contribution in [0.2, 0.25) is 5.02 Å². The molecule has 0 spiro atoms. The maximum absolute atomic E-state index is 11.4. The molecule has 0 aromatic heterocycles. The first-order chi connectivity index (χ1) is 7.90. The van der Waals surface area contributed by atoms with Crippen LogP contribution >= 0.6 is 11.6 Å². The zero-order valence-corrected chi connectivity index (χ0v) is 10.6. The summed E-state index contributed by atoms with van der Waals surface area (Å²) in [5.74, 6) is 0. The van der Waals surface area contributed by atoms with Crippen molar-refractivity contribution in [3.8, 4) is 0 Å². The van der Waals surface area contributed by atoms with E-state index in [0.29, 0.717) is 10.6 Å². The second-order valence-electron chi connectivity index (χ2n) is 3.49. The minimum absolute atomic E-state index is 0.105. The van der Waals surface area contributed by atoms with E-state index >= 15 is 0 Å². The molecule has 5 nitrogen and oxygen atoms in total. The summed E-state index contributed by atoms with van der Waals surface area (Å²) in [4.78, 5) is 0. The molecule has 0 aliphatic rings. The molecular formula is C10H12ClNO4S. The molecule has 0 amide bonds. The van der Waals surface area contributed by atoms with E-state index in [-0.39, 0.29) is 5.71 Å². The van der Waals surface area contributed by atoms with Crippen molar-refractivity contribution in [3.05, 3.63) is 34.9 Å². The summed E-state index contributed by atoms with van der Waals surface area (Å²) in [6.07, 6.45) is 0.967. The van der Waals surface area contributed by atoms with E-state index in [1.165, 1.54) is 12.1 Å². The quantitative estimate of drug-likeness (QED) is 0.487. The van der Waals surface area contributed by atoms with E-state index in [0.717, 1.165) is 6.26 Å². The molecule has 0 bridgehead atoms. The number of halogens is 1. The molecule has 0 fully saturated rings. The number of nitrogens with zero attached hydrogens (tertiary/aromatic N) is 1. The Balaban J connectivity index is 3.20. The Hall–Kier alpha value is -1.11. The van der Waals surface area contributed by atoms with Gasteiger partial charge in [0.25, 0.3) is 0 Å². The zero-order chi connectivity index (χ0) is 13.1. The van der Waals surface area contributed by atoms with Gasteiger partial charge in [-0.3, -0.25) is 0 Å². The van der Waals surface area contributed by atoms with Crippen LogP contribution in [0.1, 0.15) is 5.56 Å². The summed E-state index contributed by atoms with van der Waals surface area (Å²) in [5.41, 5.74) is 0.285. The van der Waals surface area contributed by atoms with E-state index in [1.54, 1.807) is 12.1 Å². The first-order valence-electron chi connectivity index (χ1n) is 4.67. The standard InChI is InChI=1S/C10H12ClNO4S/c1-17(15,16)9(6-13)10(12-14)7-2-4-8(11)5-3-7/h2-5,9,13-14H,6H2,1H3/b12-10-/t9-/m1/s1. The average molecular weight is 278 g/mol. The lowest BCUT2D eigenvalue weighted by molar-refractivity contribution is 0.296. The van der Waals surface area contributed by atoms with Crippen molar-refractivity contribution in [2.75, 3.05) is 12.9 Å². The number of aliphatic hydroxyl groups excluding tert-OH is 1. The molecule has 0 saturated carbocycles. The zero-order valence-electron chi connectivity index (χ0n) is 9.04.